The van der Waals surface area contributed by atoms with Crippen LogP contribution in [0.3, 0.4) is 0 Å². The van der Waals surface area contributed by atoms with Gasteiger partial charge in [-0.2, -0.15) is 39.7 Å². The fraction of sp³-hybridized carbons (Fsp3) is 0.323. The molecule has 0 aliphatic heterocycles. The number of halogens is 8. The average Bonchev–Trinajstić information content (AvgIpc) is 3.24. The summed E-state index contributed by atoms with van der Waals surface area (Å²) in [6, 6.07) is 12.6. The summed E-state index contributed by atoms with van der Waals surface area (Å²) in [7, 11) is 1.78. The molecule has 214 valence electrons. The summed E-state index contributed by atoms with van der Waals surface area (Å²) in [5.74, 6) is -23.6. The van der Waals surface area contributed by atoms with Crippen molar-refractivity contribution in [2.75, 3.05) is 0 Å². The molecule has 0 spiro atoms. The van der Waals surface area contributed by atoms with Gasteiger partial charge < -0.3 is 0 Å². The molecule has 0 saturated heterocycles. The number of alkyl halides is 8. The molecule has 2 aromatic heterocycles. The van der Waals surface area contributed by atoms with Crippen LogP contribution in [0.1, 0.15) is 43.0 Å². The zero-order valence-electron chi connectivity index (χ0n) is 22.6. The van der Waals surface area contributed by atoms with E-state index in [9.17, 15) is 35.1 Å². The molecule has 0 bridgehead atoms. The zero-order valence-corrected chi connectivity index (χ0v) is 23.4. The summed E-state index contributed by atoms with van der Waals surface area (Å²) < 4.78 is 119. The van der Waals surface area contributed by atoms with Crippen molar-refractivity contribution in [3.8, 4) is 11.3 Å². The monoisotopic (exact) mass is 594 g/mol. The molecule has 3 aromatic carbocycles. The number of aromatic nitrogens is 1. The van der Waals surface area contributed by atoms with Crippen LogP contribution in [0.15, 0.2) is 54.7 Å². The standard InChI is InChI=1S/C31H24F8NS/c1-15-16-8-6-7-9-17(16)21(27(2,3)4)12-19(15)25-26-18(10-11-40(25)5)20-13-22-23(14-24(20)41-26)29(34,35)31(38,39)30(36,37)28(22,32)33/h6-14H,1-5H3/q+1. The first-order valence-corrected chi connectivity index (χ1v) is 13.6. The predicted octanol–water partition coefficient (Wildman–Crippen LogP) is 9.77. The molecule has 6 rings (SSSR count). The molecular weight excluding hydrogens is 570 g/mol. The number of hydrogen-bond acceptors (Lipinski definition) is 1. The molecule has 0 saturated carbocycles. The highest BCUT2D eigenvalue weighted by molar-refractivity contribution is 7.26. The quantitative estimate of drug-likeness (QED) is 0.134. The Morgan fingerprint density at radius 2 is 1.27 bits per heavy atom. The Balaban J connectivity index is 1.72. The lowest BCUT2D eigenvalue weighted by molar-refractivity contribution is -0.659. The SMILES string of the molecule is Cc1c(-c2c3sc4cc5c(cc4c3cc[n+]2C)C(F)(F)C(F)(F)C(F)(F)C5(F)F)cc(C(C)(C)C)c2ccccc12. The third-order valence-electron chi connectivity index (χ3n) is 8.14. The van der Waals surface area contributed by atoms with Gasteiger partial charge >= 0.3 is 23.7 Å². The Kier molecular flexibility index (Phi) is 5.56. The van der Waals surface area contributed by atoms with Gasteiger partial charge in [0.05, 0.1) is 5.56 Å². The van der Waals surface area contributed by atoms with Gasteiger partial charge in [-0.15, -0.1) is 11.3 Å². The number of aryl methyl sites for hydroxylation is 2. The highest BCUT2D eigenvalue weighted by Gasteiger charge is 2.85. The van der Waals surface area contributed by atoms with Crippen LogP contribution in [0.5, 0.6) is 0 Å². The molecule has 10 heteroatoms. The lowest BCUT2D eigenvalue weighted by atomic mass is 9.79. The highest BCUT2D eigenvalue weighted by atomic mass is 32.1. The van der Waals surface area contributed by atoms with Crippen molar-refractivity contribution in [1.29, 1.82) is 0 Å². The van der Waals surface area contributed by atoms with E-state index < -0.39 is 34.8 Å². The Morgan fingerprint density at radius 1 is 0.707 bits per heavy atom. The second-order valence-corrected chi connectivity index (χ2v) is 12.8. The van der Waals surface area contributed by atoms with Crippen molar-refractivity contribution in [3.05, 3.63) is 77.0 Å². The summed E-state index contributed by atoms with van der Waals surface area (Å²) in [5.41, 5.74) is -0.410. The van der Waals surface area contributed by atoms with Gasteiger partial charge in [-0.3, -0.25) is 0 Å². The first-order valence-electron chi connectivity index (χ1n) is 12.8. The number of thiophene rings is 1. The maximum Gasteiger partial charge on any atom is 0.382 e. The summed E-state index contributed by atoms with van der Waals surface area (Å²) in [6.07, 6.45) is 1.67. The number of fused-ring (bicyclic) bond motifs is 5. The van der Waals surface area contributed by atoms with Crippen molar-refractivity contribution >= 4 is 42.3 Å². The van der Waals surface area contributed by atoms with Gasteiger partial charge in [-0.25, -0.2) is 0 Å². The van der Waals surface area contributed by atoms with Crippen LogP contribution in [0, 0.1) is 6.92 Å². The second-order valence-electron chi connectivity index (χ2n) is 11.7. The molecule has 0 amide bonds. The minimum Gasteiger partial charge on any atom is -0.200 e. The van der Waals surface area contributed by atoms with Crippen LogP contribution in [0.2, 0.25) is 0 Å². The van der Waals surface area contributed by atoms with E-state index >= 15 is 0 Å². The van der Waals surface area contributed by atoms with Gasteiger partial charge in [0, 0.05) is 32.7 Å². The van der Waals surface area contributed by atoms with E-state index in [2.05, 4.69) is 20.8 Å². The molecule has 2 heterocycles. The van der Waals surface area contributed by atoms with Crippen LogP contribution < -0.4 is 4.57 Å². The largest absolute Gasteiger partial charge is 0.382 e. The molecule has 0 radical (unpaired) electrons. The summed E-state index contributed by atoms with van der Waals surface area (Å²) in [6.45, 7) is 8.17. The minimum atomic E-state index is -6.29. The van der Waals surface area contributed by atoms with Gasteiger partial charge in [0.25, 0.3) is 0 Å². The highest BCUT2D eigenvalue weighted by Crippen LogP contribution is 2.65. The molecular formula is C31H24F8NS+. The predicted molar refractivity (Wildman–Crippen MR) is 145 cm³/mol. The van der Waals surface area contributed by atoms with Crippen LogP contribution >= 0.6 is 11.3 Å². The molecule has 5 aromatic rings. The van der Waals surface area contributed by atoms with E-state index in [0.29, 0.717) is 27.9 Å². The molecule has 0 unspecified atom stereocenters. The zero-order chi connectivity index (χ0) is 30.1. The third kappa shape index (κ3) is 3.43. The first-order chi connectivity index (χ1) is 18.8. The second kappa shape index (κ2) is 8.18. The Bertz CT molecular complexity index is 1910. The lowest BCUT2D eigenvalue weighted by Gasteiger charge is -2.42. The molecule has 0 fully saturated rings. The van der Waals surface area contributed by atoms with Gasteiger partial charge in [0.2, 0.25) is 5.69 Å². The molecule has 0 N–H and O–H groups in total. The smallest absolute Gasteiger partial charge is 0.200 e. The maximum atomic E-state index is 14.8. The lowest BCUT2D eigenvalue weighted by Crippen LogP contribution is -2.63. The molecule has 0 atom stereocenters. The van der Waals surface area contributed by atoms with Crippen molar-refractivity contribution in [1.82, 2.24) is 0 Å². The number of benzene rings is 3. The molecule has 1 nitrogen and oxygen atoms in total. The van der Waals surface area contributed by atoms with Crippen molar-refractivity contribution < 1.29 is 39.7 Å². The van der Waals surface area contributed by atoms with Crippen LogP contribution in [0.25, 0.3) is 42.2 Å². The maximum absolute atomic E-state index is 14.8. The Morgan fingerprint density at radius 3 is 1.85 bits per heavy atom. The fourth-order valence-electron chi connectivity index (χ4n) is 5.88. The first kappa shape index (κ1) is 27.9. The topological polar surface area (TPSA) is 3.88 Å². The van der Waals surface area contributed by atoms with E-state index in [1.54, 1.807) is 19.3 Å². The van der Waals surface area contributed by atoms with Gasteiger partial charge in [0.1, 0.15) is 11.7 Å². The van der Waals surface area contributed by atoms with E-state index in [-0.39, 0.29) is 15.5 Å². The van der Waals surface area contributed by atoms with Crippen molar-refractivity contribution in [2.24, 2.45) is 7.05 Å². The third-order valence-corrected chi connectivity index (χ3v) is 9.31. The van der Waals surface area contributed by atoms with Crippen LogP contribution in [-0.2, 0) is 24.3 Å². The molecule has 41 heavy (non-hydrogen) atoms. The number of nitrogens with zero attached hydrogens (tertiary/aromatic N) is 1. The normalized spacial score (nSPS) is 19.1. The Hall–Kier alpha value is -3.27. The summed E-state index contributed by atoms with van der Waals surface area (Å²) in [4.78, 5) is 0. The number of hydrogen-bond donors (Lipinski definition) is 0. The molecule has 1 aliphatic rings. The van der Waals surface area contributed by atoms with Crippen LogP contribution in [-0.4, -0.2) is 11.8 Å². The van der Waals surface area contributed by atoms with Gasteiger partial charge in [-0.05, 0) is 52.4 Å². The Labute approximate surface area is 234 Å². The number of pyridine rings is 1. The van der Waals surface area contributed by atoms with E-state index in [1.807, 2.05) is 41.8 Å². The number of rotatable bonds is 1. The molecule has 1 aliphatic carbocycles. The summed E-state index contributed by atoms with van der Waals surface area (Å²) >= 11 is 0.967. The van der Waals surface area contributed by atoms with Crippen molar-refractivity contribution in [2.45, 2.75) is 56.8 Å². The van der Waals surface area contributed by atoms with Gasteiger partial charge in [0.15, 0.2) is 6.20 Å². The van der Waals surface area contributed by atoms with Gasteiger partial charge in [-0.1, -0.05) is 45.0 Å². The van der Waals surface area contributed by atoms with E-state index in [0.717, 1.165) is 38.8 Å². The van der Waals surface area contributed by atoms with Crippen molar-refractivity contribution in [3.63, 3.8) is 0 Å². The fourth-order valence-corrected chi connectivity index (χ4v) is 7.19. The van der Waals surface area contributed by atoms with E-state index in [4.69, 9.17) is 0 Å². The average molecular weight is 595 g/mol. The van der Waals surface area contributed by atoms with Crippen LogP contribution in [0.4, 0.5) is 35.1 Å². The summed E-state index contributed by atoms with van der Waals surface area (Å²) in [5, 5.41) is 2.43. The minimum absolute atomic E-state index is 0.0107. The van der Waals surface area contributed by atoms with E-state index in [1.165, 1.54) is 0 Å².